The van der Waals surface area contributed by atoms with E-state index in [2.05, 4.69) is 4.98 Å². The van der Waals surface area contributed by atoms with Crippen molar-refractivity contribution in [3.63, 3.8) is 0 Å². The van der Waals surface area contributed by atoms with Crippen LogP contribution >= 0.6 is 0 Å². The van der Waals surface area contributed by atoms with Crippen molar-refractivity contribution in [2.75, 3.05) is 0 Å². The Hall–Kier alpha value is -2.89. The van der Waals surface area contributed by atoms with Crippen LogP contribution in [0.4, 0.5) is 0 Å². The van der Waals surface area contributed by atoms with Gasteiger partial charge < -0.3 is 4.40 Å². The van der Waals surface area contributed by atoms with E-state index in [9.17, 15) is 9.59 Å². The lowest BCUT2D eigenvalue weighted by Gasteiger charge is -2.04. The van der Waals surface area contributed by atoms with Crippen molar-refractivity contribution < 1.29 is 0 Å². The zero-order valence-electron chi connectivity index (χ0n) is 11.6. The Balaban J connectivity index is 2.40. The second-order valence-corrected chi connectivity index (χ2v) is 5.10. The topological polar surface area (TPSA) is 61.3 Å². The van der Waals surface area contributed by atoms with Gasteiger partial charge in [-0.25, -0.2) is 4.79 Å². The van der Waals surface area contributed by atoms with Gasteiger partial charge in [0.15, 0.2) is 0 Å². The summed E-state index contributed by atoms with van der Waals surface area (Å²) in [6.45, 7) is 0. The standard InChI is InChI=1S/C15H12N4O2/c1-17-13-9(14(20)18(2)15(17)21)8-19-11-6-4-3-5-10(11)16-7-12(13)19/h3-8H,1-2H3. The van der Waals surface area contributed by atoms with E-state index in [1.165, 1.54) is 11.6 Å². The molecule has 4 rings (SSSR count). The molecule has 0 N–H and O–H groups in total. The molecule has 21 heavy (non-hydrogen) atoms. The summed E-state index contributed by atoms with van der Waals surface area (Å²) in [5.41, 5.74) is 2.48. The van der Waals surface area contributed by atoms with Crippen molar-refractivity contribution in [1.29, 1.82) is 0 Å². The zero-order valence-corrected chi connectivity index (χ0v) is 11.6. The Morgan fingerprint density at radius 2 is 1.76 bits per heavy atom. The van der Waals surface area contributed by atoms with Gasteiger partial charge in [0.05, 0.1) is 33.6 Å². The van der Waals surface area contributed by atoms with Crippen LogP contribution in [0.15, 0.2) is 46.2 Å². The van der Waals surface area contributed by atoms with Gasteiger partial charge in [0.1, 0.15) is 0 Å². The molecular formula is C15H12N4O2. The molecule has 0 radical (unpaired) electrons. The lowest BCUT2D eigenvalue weighted by Crippen LogP contribution is -2.36. The first-order valence-corrected chi connectivity index (χ1v) is 6.54. The molecule has 1 aromatic carbocycles. The van der Waals surface area contributed by atoms with E-state index in [4.69, 9.17) is 0 Å². The predicted molar refractivity (Wildman–Crippen MR) is 80.7 cm³/mol. The third kappa shape index (κ3) is 1.38. The highest BCUT2D eigenvalue weighted by atomic mass is 16.2. The average molecular weight is 280 g/mol. The SMILES string of the molecule is Cn1c(=O)c2cn3c4ccccc4ncc3c2n(C)c1=O. The van der Waals surface area contributed by atoms with E-state index in [0.29, 0.717) is 10.9 Å². The van der Waals surface area contributed by atoms with Gasteiger partial charge in [0.2, 0.25) is 0 Å². The summed E-state index contributed by atoms with van der Waals surface area (Å²) in [5, 5.41) is 0.512. The van der Waals surface area contributed by atoms with Crippen LogP contribution in [0.1, 0.15) is 0 Å². The predicted octanol–water partition coefficient (Wildman–Crippen LogP) is 1.04. The maximum absolute atomic E-state index is 12.3. The van der Waals surface area contributed by atoms with Crippen molar-refractivity contribution in [3.8, 4) is 0 Å². The Labute approximate surface area is 118 Å². The van der Waals surface area contributed by atoms with Gasteiger partial charge >= 0.3 is 5.69 Å². The highest BCUT2D eigenvalue weighted by Crippen LogP contribution is 2.21. The van der Waals surface area contributed by atoms with E-state index in [-0.39, 0.29) is 11.2 Å². The molecule has 6 nitrogen and oxygen atoms in total. The first kappa shape index (κ1) is 11.9. The molecule has 0 bridgehead atoms. The van der Waals surface area contributed by atoms with Gasteiger partial charge in [0, 0.05) is 20.3 Å². The summed E-state index contributed by atoms with van der Waals surface area (Å²) in [7, 11) is 3.15. The third-order valence-electron chi connectivity index (χ3n) is 3.93. The minimum atomic E-state index is -0.339. The van der Waals surface area contributed by atoms with Crippen molar-refractivity contribution >= 4 is 27.5 Å². The molecule has 0 saturated carbocycles. The molecule has 3 aromatic heterocycles. The molecular weight excluding hydrogens is 268 g/mol. The van der Waals surface area contributed by atoms with Crippen LogP contribution in [-0.2, 0) is 14.1 Å². The van der Waals surface area contributed by atoms with Gasteiger partial charge in [-0.1, -0.05) is 12.1 Å². The van der Waals surface area contributed by atoms with E-state index < -0.39 is 0 Å². The molecule has 0 aliphatic heterocycles. The van der Waals surface area contributed by atoms with Crippen LogP contribution in [0.2, 0.25) is 0 Å². The molecule has 0 amide bonds. The zero-order chi connectivity index (χ0) is 14.7. The van der Waals surface area contributed by atoms with Crippen molar-refractivity contribution in [2.45, 2.75) is 0 Å². The summed E-state index contributed by atoms with van der Waals surface area (Å²) >= 11 is 0. The third-order valence-corrected chi connectivity index (χ3v) is 3.93. The molecule has 3 heterocycles. The molecule has 0 unspecified atom stereocenters. The molecule has 0 saturated heterocycles. The number of para-hydroxylation sites is 2. The smallest absolute Gasteiger partial charge is 0.311 e. The molecule has 104 valence electrons. The lowest BCUT2D eigenvalue weighted by molar-refractivity contribution is 0.715. The fourth-order valence-corrected chi connectivity index (χ4v) is 2.84. The molecule has 0 atom stereocenters. The quantitative estimate of drug-likeness (QED) is 0.483. The molecule has 0 aliphatic carbocycles. The summed E-state index contributed by atoms with van der Waals surface area (Å²) in [6, 6.07) is 7.69. The minimum absolute atomic E-state index is 0.291. The maximum Gasteiger partial charge on any atom is 0.331 e. The number of rotatable bonds is 0. The summed E-state index contributed by atoms with van der Waals surface area (Å²) in [4.78, 5) is 28.8. The number of benzene rings is 1. The highest BCUT2D eigenvalue weighted by Gasteiger charge is 2.14. The summed E-state index contributed by atoms with van der Waals surface area (Å²) in [6.07, 6.45) is 3.47. The highest BCUT2D eigenvalue weighted by molar-refractivity contribution is 5.96. The van der Waals surface area contributed by atoms with Gasteiger partial charge in [-0.15, -0.1) is 0 Å². The Morgan fingerprint density at radius 3 is 2.57 bits per heavy atom. The molecule has 4 aromatic rings. The van der Waals surface area contributed by atoms with Gasteiger partial charge in [0.25, 0.3) is 5.56 Å². The van der Waals surface area contributed by atoms with Gasteiger partial charge in [-0.2, -0.15) is 0 Å². The molecule has 0 spiro atoms. The normalized spacial score (nSPS) is 11.7. The fraction of sp³-hybridized carbons (Fsp3) is 0.133. The Bertz CT molecular complexity index is 1150. The lowest BCUT2D eigenvalue weighted by atomic mass is 10.3. The van der Waals surface area contributed by atoms with Crippen LogP contribution < -0.4 is 11.2 Å². The first-order valence-electron chi connectivity index (χ1n) is 6.54. The molecule has 0 fully saturated rings. The van der Waals surface area contributed by atoms with Crippen LogP contribution in [0, 0.1) is 0 Å². The van der Waals surface area contributed by atoms with Crippen molar-refractivity contribution in [2.24, 2.45) is 14.1 Å². The average Bonchev–Trinajstić information content (AvgIpc) is 2.91. The fourth-order valence-electron chi connectivity index (χ4n) is 2.84. The van der Waals surface area contributed by atoms with Crippen LogP contribution in [0.3, 0.4) is 0 Å². The van der Waals surface area contributed by atoms with Crippen molar-refractivity contribution in [1.82, 2.24) is 18.5 Å². The monoisotopic (exact) mass is 280 g/mol. The van der Waals surface area contributed by atoms with E-state index in [1.54, 1.807) is 19.4 Å². The van der Waals surface area contributed by atoms with Gasteiger partial charge in [-0.3, -0.25) is 18.9 Å². The van der Waals surface area contributed by atoms with Crippen molar-refractivity contribution in [3.05, 3.63) is 57.5 Å². The van der Waals surface area contributed by atoms with Crippen LogP contribution in [0.5, 0.6) is 0 Å². The second kappa shape index (κ2) is 3.82. The molecule has 0 aliphatic rings. The number of nitrogens with zero attached hydrogens (tertiary/aromatic N) is 4. The number of hydrogen-bond donors (Lipinski definition) is 0. The summed E-state index contributed by atoms with van der Waals surface area (Å²) in [5.74, 6) is 0. The van der Waals surface area contributed by atoms with E-state index in [1.807, 2.05) is 28.7 Å². The first-order chi connectivity index (χ1) is 10.1. The maximum atomic E-state index is 12.3. The second-order valence-electron chi connectivity index (χ2n) is 5.10. The van der Waals surface area contributed by atoms with Crippen LogP contribution in [0.25, 0.3) is 27.5 Å². The number of aryl methyl sites for hydroxylation is 1. The molecule has 6 heteroatoms. The van der Waals surface area contributed by atoms with E-state index >= 15 is 0 Å². The largest absolute Gasteiger partial charge is 0.331 e. The Morgan fingerprint density at radius 1 is 1.00 bits per heavy atom. The minimum Gasteiger partial charge on any atom is -0.311 e. The van der Waals surface area contributed by atoms with E-state index in [0.717, 1.165) is 21.1 Å². The Kier molecular flexibility index (Phi) is 2.16. The van der Waals surface area contributed by atoms with Gasteiger partial charge in [-0.05, 0) is 12.1 Å². The summed E-state index contributed by atoms with van der Waals surface area (Å²) < 4.78 is 4.52. The number of fused-ring (bicyclic) bond motifs is 5. The number of hydrogen-bond acceptors (Lipinski definition) is 3. The number of aromatic nitrogens is 4. The van der Waals surface area contributed by atoms with Crippen LogP contribution in [-0.4, -0.2) is 18.5 Å².